The summed E-state index contributed by atoms with van der Waals surface area (Å²) in [6.45, 7) is 3.09. The molecule has 0 aliphatic carbocycles. The number of aromatic hydroxyl groups is 3. The van der Waals surface area contributed by atoms with E-state index >= 15 is 0 Å². The van der Waals surface area contributed by atoms with Crippen LogP contribution in [-0.4, -0.2) is 53.8 Å². The molecule has 0 saturated carbocycles. The number of nitrogens with zero attached hydrogens (tertiary/aromatic N) is 7. The number of nitro groups is 1. The predicted octanol–water partition coefficient (Wildman–Crippen LogP) is 3.97. The van der Waals surface area contributed by atoms with Crippen LogP contribution in [0.1, 0.15) is 12.6 Å². The van der Waals surface area contributed by atoms with Gasteiger partial charge in [-0.25, -0.2) is 16.8 Å². The van der Waals surface area contributed by atoms with Crippen LogP contribution in [0.15, 0.2) is 127 Å². The maximum atomic E-state index is 12.4. The fourth-order valence-electron chi connectivity index (χ4n) is 4.95. The number of azo groups is 2. The van der Waals surface area contributed by atoms with Gasteiger partial charge in [0.2, 0.25) is 10.0 Å². The Kier molecular flexibility index (Phi) is 15.1. The molecule has 6 rings (SSSR count). The molecule has 0 aliphatic rings. The third-order valence-corrected chi connectivity index (χ3v) is 9.97. The fraction of sp³-hybridized carbons (Fsp3) is 0.114. The molecule has 1 aromatic heterocycles. The average Bonchev–Trinajstić information content (AvgIpc) is 3.43. The van der Waals surface area contributed by atoms with Crippen LogP contribution >= 0.6 is 0 Å². The minimum absolute atomic E-state index is 0. The quantitative estimate of drug-likeness (QED) is 0.0663. The van der Waals surface area contributed by atoms with Crippen LogP contribution in [0.2, 0.25) is 0 Å². The van der Waals surface area contributed by atoms with Gasteiger partial charge in [0.1, 0.15) is 40.0 Å². The summed E-state index contributed by atoms with van der Waals surface area (Å²) in [5, 5.41) is 61.4. The van der Waals surface area contributed by atoms with Crippen molar-refractivity contribution in [1.29, 1.82) is 0 Å². The summed E-state index contributed by atoms with van der Waals surface area (Å²) in [4.78, 5) is 22.6. The van der Waals surface area contributed by atoms with E-state index in [0.29, 0.717) is 22.2 Å². The maximum Gasteiger partial charge on any atom is 1.00 e. The number of sulfonamides is 1. The van der Waals surface area contributed by atoms with Gasteiger partial charge in [-0.2, -0.15) is 0 Å². The Labute approximate surface area is 348 Å². The first kappa shape index (κ1) is 45.6. The molecule has 0 fully saturated rings. The number of aromatic nitrogens is 2. The van der Waals surface area contributed by atoms with Gasteiger partial charge in [0, 0.05) is 40.6 Å². The van der Waals surface area contributed by atoms with Gasteiger partial charge >= 0.3 is 18.9 Å². The number of anilines is 1. The van der Waals surface area contributed by atoms with Crippen molar-refractivity contribution in [1.82, 2.24) is 9.78 Å². The van der Waals surface area contributed by atoms with Crippen LogP contribution in [0.5, 0.6) is 17.2 Å². The molecule has 5 aromatic carbocycles. The van der Waals surface area contributed by atoms with E-state index in [0.717, 1.165) is 24.5 Å². The summed E-state index contributed by atoms with van der Waals surface area (Å²) in [5.41, 5.74) is 0.124. The summed E-state index contributed by atoms with van der Waals surface area (Å²) in [6, 6.07) is 23.6. The van der Waals surface area contributed by atoms with Crippen molar-refractivity contribution in [2.75, 3.05) is 16.7 Å². The molecular formula is C35H31CrLiN8O10S2. The number of sulfone groups is 1. The van der Waals surface area contributed by atoms with E-state index in [1.807, 2.05) is 6.07 Å². The normalized spacial score (nSPS) is 11.4. The van der Waals surface area contributed by atoms with Gasteiger partial charge in [0.25, 0.3) is 11.2 Å². The van der Waals surface area contributed by atoms with Crippen molar-refractivity contribution in [2.24, 2.45) is 20.5 Å². The topological polar surface area (TPSA) is 270 Å². The maximum absolute atomic E-state index is 12.4. The third-order valence-electron chi connectivity index (χ3n) is 7.65. The summed E-state index contributed by atoms with van der Waals surface area (Å²) in [6.07, 6.45) is 0.994. The second-order valence-electron chi connectivity index (χ2n) is 11.6. The zero-order chi connectivity index (χ0) is 40.1. The van der Waals surface area contributed by atoms with Crippen LogP contribution in [0.4, 0.5) is 34.1 Å². The molecule has 4 N–H and O–H groups in total. The predicted molar refractivity (Wildman–Crippen MR) is 203 cm³/mol. The number of hydrogen-bond acceptors (Lipinski definition) is 14. The van der Waals surface area contributed by atoms with Crippen molar-refractivity contribution in [3.05, 3.63) is 123 Å². The molecule has 6 aromatic rings. The number of nitrogens with one attached hydrogen (secondary N) is 1. The molecule has 0 spiro atoms. The average molecular weight is 847 g/mol. The number of hydrogen-bond donors (Lipinski definition) is 4. The summed E-state index contributed by atoms with van der Waals surface area (Å²) in [5.74, 6) is -0.984. The van der Waals surface area contributed by atoms with Gasteiger partial charge in [-0.1, -0.05) is 50.2 Å². The van der Waals surface area contributed by atoms with Crippen molar-refractivity contribution < 1.29 is 73.3 Å². The van der Waals surface area contributed by atoms with Crippen LogP contribution < -0.4 is 34.2 Å². The Bertz CT molecular complexity index is 2780. The van der Waals surface area contributed by atoms with Gasteiger partial charge in [-0.15, -0.1) is 26.2 Å². The smallest absolute Gasteiger partial charge is 0.589 e. The minimum atomic E-state index is -3.61. The van der Waals surface area contributed by atoms with E-state index in [1.165, 1.54) is 41.9 Å². The van der Waals surface area contributed by atoms with Crippen molar-refractivity contribution in [2.45, 2.75) is 18.7 Å². The molecule has 22 heteroatoms. The van der Waals surface area contributed by atoms with Crippen LogP contribution in [0, 0.1) is 17.0 Å². The molecule has 0 unspecified atom stereocenters. The number of aryl methyl sites for hydroxylation is 1. The van der Waals surface area contributed by atoms with Gasteiger partial charge in [0.05, 0.1) is 27.5 Å². The molecule has 0 amide bonds. The number of nitro benzene ring substituents is 1. The molecule has 0 bridgehead atoms. The van der Waals surface area contributed by atoms with Gasteiger partial charge in [0.15, 0.2) is 9.84 Å². The van der Waals surface area contributed by atoms with Crippen LogP contribution in [-0.2, 0) is 37.2 Å². The van der Waals surface area contributed by atoms with E-state index in [2.05, 4.69) is 30.3 Å². The number of rotatable bonds is 10. The third kappa shape index (κ3) is 11.0. The number of phenols is 3. The first-order valence-electron chi connectivity index (χ1n) is 15.9. The van der Waals surface area contributed by atoms with Gasteiger partial charge in [-0.05, 0) is 53.9 Å². The molecule has 0 aliphatic heterocycles. The Morgan fingerprint density at radius 2 is 1.39 bits per heavy atom. The van der Waals surface area contributed by atoms with E-state index in [-0.39, 0.29) is 98.2 Å². The van der Waals surface area contributed by atoms with Gasteiger partial charge in [-0.3, -0.25) is 19.6 Å². The van der Waals surface area contributed by atoms with Crippen LogP contribution in [0.3, 0.4) is 0 Å². The van der Waals surface area contributed by atoms with E-state index in [9.17, 15) is 47.1 Å². The number of para-hydroxylation sites is 1. The molecular weight excluding hydrogens is 816 g/mol. The monoisotopic (exact) mass is 846 g/mol. The second kappa shape index (κ2) is 18.9. The Morgan fingerprint density at radius 3 is 2.00 bits per heavy atom. The standard InChI is InChI=1S/C19H19N3O6S2.C16H13N5O4.Cr.Li/c1-3-30(27,28)13-8-10-16(23)15(11-13)20-21-19-17(24)9-7-12-5-4-6-14(18(12)19)22-29(2,25)26;1-10-15(16(23)20(19-10)11-5-3-2-4-6-11)18-17-13-9-12(21(24)25)7-8-14(13)22;;/h4-11,22-24H,3H2,1-2H3;2-9H,1H3,(H2,17,18,19,22,23);;/q;;;+1/p-1. The van der Waals surface area contributed by atoms with E-state index < -0.39 is 30.3 Å². The number of benzene rings is 5. The summed E-state index contributed by atoms with van der Waals surface area (Å²) >= 11 is 0. The Hall–Kier alpha value is -5.80. The first-order valence-corrected chi connectivity index (χ1v) is 19.4. The molecule has 0 atom stereocenters. The van der Waals surface area contributed by atoms with E-state index in [1.54, 1.807) is 49.4 Å². The number of non-ortho nitro benzene ring substituents is 1. The van der Waals surface area contributed by atoms with Crippen molar-refractivity contribution in [3.63, 3.8) is 0 Å². The van der Waals surface area contributed by atoms with Gasteiger partial charge < -0.3 is 25.1 Å². The molecule has 57 heavy (non-hydrogen) atoms. The number of phenolic OH excluding ortho intramolecular Hbond substituents is 3. The minimum Gasteiger partial charge on any atom is -0.589 e. The van der Waals surface area contributed by atoms with E-state index in [4.69, 9.17) is 0 Å². The molecule has 290 valence electrons. The Balaban J connectivity index is 0.000000299. The van der Waals surface area contributed by atoms with Crippen molar-refractivity contribution in [3.8, 4) is 22.9 Å². The summed E-state index contributed by atoms with van der Waals surface area (Å²) in [7, 11) is -7.14. The summed E-state index contributed by atoms with van der Waals surface area (Å²) < 4.78 is 51.1. The Morgan fingerprint density at radius 1 is 0.789 bits per heavy atom. The number of fused-ring (bicyclic) bond motifs is 1. The molecule has 0 radical (unpaired) electrons. The van der Waals surface area contributed by atoms with Crippen LogP contribution in [0.25, 0.3) is 16.5 Å². The SMILES string of the molecule is CCS(=O)(=O)c1ccc(O)c(N=Nc2c(O)ccc3cccc(NS(C)(=O)=O)c23)c1.Cc1[n-]n(-c2ccccc2)c(=O)c1N=Nc1cc([N+](=O)[O-])ccc1O.[Cr].[Li+]. The zero-order valence-electron chi connectivity index (χ0n) is 30.5. The first-order chi connectivity index (χ1) is 26.0. The largest absolute Gasteiger partial charge is 1.00 e. The van der Waals surface area contributed by atoms with Crippen molar-refractivity contribution >= 4 is 64.8 Å². The fourth-order valence-corrected chi connectivity index (χ4v) is 6.42. The molecule has 1 heterocycles. The zero-order valence-corrected chi connectivity index (χ0v) is 33.4. The molecule has 18 nitrogen and oxygen atoms in total. The molecule has 0 saturated heterocycles. The second-order valence-corrected chi connectivity index (χ2v) is 15.6.